The summed E-state index contributed by atoms with van der Waals surface area (Å²) in [7, 11) is 0. The summed E-state index contributed by atoms with van der Waals surface area (Å²) in [5.74, 6) is 0.648. The van der Waals surface area contributed by atoms with E-state index in [1.54, 1.807) is 24.3 Å². The summed E-state index contributed by atoms with van der Waals surface area (Å²) < 4.78 is 6.03. The number of nitro benzene ring substituents is 1. The van der Waals surface area contributed by atoms with E-state index in [4.69, 9.17) is 10.00 Å². The van der Waals surface area contributed by atoms with E-state index in [2.05, 4.69) is 22.0 Å². The molecule has 0 spiro atoms. The molecule has 0 unspecified atom stereocenters. The highest BCUT2D eigenvalue weighted by Crippen LogP contribution is 2.29. The highest BCUT2D eigenvalue weighted by atomic mass is 79.9. The first-order chi connectivity index (χ1) is 10.1. The van der Waals surface area contributed by atoms with E-state index in [9.17, 15) is 10.1 Å². The lowest BCUT2D eigenvalue weighted by Crippen LogP contribution is -1.99. The SMILES string of the molecule is N#CCc1ccc(OCc2cccc([N+](=O)[O-])c2Br)cc1. The molecule has 21 heavy (non-hydrogen) atoms. The van der Waals surface area contributed by atoms with Gasteiger partial charge in [-0.05, 0) is 33.6 Å². The largest absolute Gasteiger partial charge is 0.489 e. The van der Waals surface area contributed by atoms with Crippen molar-refractivity contribution in [3.05, 3.63) is 68.2 Å². The van der Waals surface area contributed by atoms with Gasteiger partial charge in [0, 0.05) is 11.6 Å². The summed E-state index contributed by atoms with van der Waals surface area (Å²) in [4.78, 5) is 10.4. The van der Waals surface area contributed by atoms with E-state index in [-0.39, 0.29) is 12.3 Å². The van der Waals surface area contributed by atoms with Crippen LogP contribution in [0.15, 0.2) is 46.9 Å². The summed E-state index contributed by atoms with van der Waals surface area (Å²) in [6, 6.07) is 14.1. The molecule has 0 aromatic heterocycles. The van der Waals surface area contributed by atoms with Crippen molar-refractivity contribution in [1.82, 2.24) is 0 Å². The zero-order chi connectivity index (χ0) is 15.2. The van der Waals surface area contributed by atoms with E-state index in [0.717, 1.165) is 5.56 Å². The van der Waals surface area contributed by atoms with E-state index in [0.29, 0.717) is 22.2 Å². The normalized spacial score (nSPS) is 9.90. The van der Waals surface area contributed by atoms with Gasteiger partial charge < -0.3 is 4.74 Å². The first-order valence-electron chi connectivity index (χ1n) is 6.12. The van der Waals surface area contributed by atoms with Gasteiger partial charge in [-0.15, -0.1) is 0 Å². The van der Waals surface area contributed by atoms with E-state index < -0.39 is 4.92 Å². The van der Waals surface area contributed by atoms with Gasteiger partial charge in [-0.1, -0.05) is 24.3 Å². The standard InChI is InChI=1S/C15H11BrN2O3/c16-15-12(2-1-3-14(15)18(19)20)10-21-13-6-4-11(5-7-13)8-9-17/h1-7H,8,10H2. The molecule has 0 aliphatic rings. The molecule has 0 saturated carbocycles. The smallest absolute Gasteiger partial charge is 0.283 e. The molecule has 0 bridgehead atoms. The van der Waals surface area contributed by atoms with Crippen molar-refractivity contribution in [1.29, 1.82) is 5.26 Å². The molecule has 0 fully saturated rings. The predicted octanol–water partition coefficient (Wildman–Crippen LogP) is 4.00. The minimum Gasteiger partial charge on any atom is -0.489 e. The summed E-state index contributed by atoms with van der Waals surface area (Å²) in [5.41, 5.74) is 1.63. The molecular formula is C15H11BrN2O3. The molecule has 0 N–H and O–H groups in total. The van der Waals surface area contributed by atoms with Gasteiger partial charge in [0.05, 0.1) is 17.4 Å². The Morgan fingerprint density at radius 2 is 1.95 bits per heavy atom. The molecule has 0 atom stereocenters. The Kier molecular flexibility index (Phi) is 4.90. The fourth-order valence-electron chi connectivity index (χ4n) is 1.77. The van der Waals surface area contributed by atoms with Crippen molar-refractivity contribution >= 4 is 21.6 Å². The van der Waals surface area contributed by atoms with Crippen LogP contribution in [0, 0.1) is 21.4 Å². The number of nitro groups is 1. The second-order valence-electron chi connectivity index (χ2n) is 4.27. The highest BCUT2D eigenvalue weighted by molar-refractivity contribution is 9.10. The quantitative estimate of drug-likeness (QED) is 0.605. The van der Waals surface area contributed by atoms with Crippen LogP contribution in [0.4, 0.5) is 5.69 Å². The van der Waals surface area contributed by atoms with Crippen LogP contribution in [-0.2, 0) is 13.0 Å². The fourth-order valence-corrected chi connectivity index (χ4v) is 2.30. The molecule has 5 nitrogen and oxygen atoms in total. The molecule has 0 saturated heterocycles. The third-order valence-electron chi connectivity index (χ3n) is 2.86. The van der Waals surface area contributed by atoms with E-state index in [1.165, 1.54) is 6.07 Å². The van der Waals surface area contributed by atoms with Gasteiger partial charge in [0.1, 0.15) is 16.8 Å². The molecule has 0 radical (unpaired) electrons. The fraction of sp³-hybridized carbons (Fsp3) is 0.133. The average Bonchev–Trinajstić information content (AvgIpc) is 2.48. The number of rotatable bonds is 5. The van der Waals surface area contributed by atoms with Crippen LogP contribution in [0.3, 0.4) is 0 Å². The van der Waals surface area contributed by atoms with E-state index in [1.807, 2.05) is 12.1 Å². The maximum Gasteiger partial charge on any atom is 0.283 e. The Balaban J connectivity index is 2.08. The van der Waals surface area contributed by atoms with Gasteiger partial charge in [-0.25, -0.2) is 0 Å². The molecule has 2 aromatic carbocycles. The van der Waals surface area contributed by atoms with Gasteiger partial charge in [0.2, 0.25) is 0 Å². The Morgan fingerprint density at radius 3 is 2.57 bits per heavy atom. The molecule has 0 amide bonds. The second kappa shape index (κ2) is 6.86. The number of nitriles is 1. The lowest BCUT2D eigenvalue weighted by Gasteiger charge is -2.08. The first-order valence-corrected chi connectivity index (χ1v) is 6.91. The number of ether oxygens (including phenoxy) is 1. The number of hydrogen-bond donors (Lipinski definition) is 0. The minimum absolute atomic E-state index is 0.0143. The van der Waals surface area contributed by atoms with Crippen molar-refractivity contribution in [2.45, 2.75) is 13.0 Å². The van der Waals surface area contributed by atoms with Crippen LogP contribution in [0.2, 0.25) is 0 Å². The Morgan fingerprint density at radius 1 is 1.24 bits per heavy atom. The topological polar surface area (TPSA) is 76.2 Å². The van der Waals surface area contributed by atoms with Gasteiger partial charge in [0.25, 0.3) is 5.69 Å². The zero-order valence-electron chi connectivity index (χ0n) is 11.0. The number of nitrogens with zero attached hydrogens (tertiary/aromatic N) is 2. The van der Waals surface area contributed by atoms with Crippen molar-refractivity contribution < 1.29 is 9.66 Å². The van der Waals surface area contributed by atoms with Gasteiger partial charge in [-0.2, -0.15) is 5.26 Å². The molecule has 2 aromatic rings. The zero-order valence-corrected chi connectivity index (χ0v) is 12.5. The number of benzene rings is 2. The first kappa shape index (κ1) is 15.0. The molecule has 2 rings (SSSR count). The summed E-state index contributed by atoms with van der Waals surface area (Å²) in [6.45, 7) is 0.222. The van der Waals surface area contributed by atoms with Gasteiger partial charge in [-0.3, -0.25) is 10.1 Å². The number of hydrogen-bond acceptors (Lipinski definition) is 4. The molecule has 0 aliphatic heterocycles. The highest BCUT2D eigenvalue weighted by Gasteiger charge is 2.14. The van der Waals surface area contributed by atoms with Crippen LogP contribution in [-0.4, -0.2) is 4.92 Å². The Bertz CT molecular complexity index is 693. The van der Waals surface area contributed by atoms with Crippen molar-refractivity contribution in [2.24, 2.45) is 0 Å². The van der Waals surface area contributed by atoms with Crippen LogP contribution in [0.1, 0.15) is 11.1 Å². The predicted molar refractivity (Wildman–Crippen MR) is 80.9 cm³/mol. The van der Waals surface area contributed by atoms with Crippen LogP contribution in [0.25, 0.3) is 0 Å². The van der Waals surface area contributed by atoms with Gasteiger partial charge >= 0.3 is 0 Å². The van der Waals surface area contributed by atoms with Crippen LogP contribution in [0.5, 0.6) is 5.75 Å². The molecule has 0 heterocycles. The van der Waals surface area contributed by atoms with Crippen molar-refractivity contribution in [3.63, 3.8) is 0 Å². The monoisotopic (exact) mass is 346 g/mol. The summed E-state index contributed by atoms with van der Waals surface area (Å²) in [6.07, 6.45) is 0.358. The third-order valence-corrected chi connectivity index (χ3v) is 3.77. The minimum atomic E-state index is -0.440. The molecule has 106 valence electrons. The van der Waals surface area contributed by atoms with Gasteiger partial charge in [0.15, 0.2) is 0 Å². The number of halogens is 1. The summed E-state index contributed by atoms with van der Waals surface area (Å²) in [5, 5.41) is 19.5. The Labute approximate surface area is 130 Å². The molecule has 0 aliphatic carbocycles. The summed E-state index contributed by atoms with van der Waals surface area (Å²) >= 11 is 3.23. The molecular weight excluding hydrogens is 336 g/mol. The second-order valence-corrected chi connectivity index (χ2v) is 5.07. The van der Waals surface area contributed by atoms with E-state index >= 15 is 0 Å². The molecule has 6 heteroatoms. The van der Waals surface area contributed by atoms with Crippen molar-refractivity contribution in [2.75, 3.05) is 0 Å². The average molecular weight is 347 g/mol. The van der Waals surface area contributed by atoms with Crippen LogP contribution >= 0.6 is 15.9 Å². The lowest BCUT2D eigenvalue weighted by molar-refractivity contribution is -0.385. The Hall–Kier alpha value is -2.39. The third kappa shape index (κ3) is 3.80. The lowest BCUT2D eigenvalue weighted by atomic mass is 10.1. The maximum absolute atomic E-state index is 10.9. The maximum atomic E-state index is 10.9. The van der Waals surface area contributed by atoms with Crippen molar-refractivity contribution in [3.8, 4) is 11.8 Å². The van der Waals surface area contributed by atoms with Crippen LogP contribution < -0.4 is 4.74 Å².